The first kappa shape index (κ1) is 19.7. The summed E-state index contributed by atoms with van der Waals surface area (Å²) in [5, 5.41) is 7.97. The standard InChI is InChI=1S/C24H27FN6O/c25-20-4-2-1-3-18(20)16-8-12-29(13-16)24(32)17-14-30(15-17)23-19-5-9-26-10-6-21(19)28-22-7-11-27-31(22)23/h1-4,7,11,16-17,26H,5-6,8-10,12-15H2. The third kappa shape index (κ3) is 3.24. The summed E-state index contributed by atoms with van der Waals surface area (Å²) in [6.07, 6.45) is 4.44. The molecule has 0 aliphatic carbocycles. The number of fused-ring (bicyclic) bond motifs is 2. The van der Waals surface area contributed by atoms with Gasteiger partial charge in [-0.15, -0.1) is 0 Å². The molecule has 2 fully saturated rings. The Morgan fingerprint density at radius 2 is 1.94 bits per heavy atom. The zero-order valence-corrected chi connectivity index (χ0v) is 18.0. The van der Waals surface area contributed by atoms with Crippen LogP contribution in [0.4, 0.5) is 10.2 Å². The van der Waals surface area contributed by atoms with Crippen LogP contribution in [0.1, 0.15) is 29.2 Å². The van der Waals surface area contributed by atoms with Gasteiger partial charge in [0.25, 0.3) is 0 Å². The molecule has 0 radical (unpaired) electrons. The topological polar surface area (TPSA) is 65.8 Å². The molecule has 7 nitrogen and oxygen atoms in total. The van der Waals surface area contributed by atoms with Crippen LogP contribution in [-0.4, -0.2) is 64.7 Å². The minimum absolute atomic E-state index is 0.0206. The van der Waals surface area contributed by atoms with E-state index in [0.29, 0.717) is 26.2 Å². The van der Waals surface area contributed by atoms with Crippen LogP contribution in [0.3, 0.4) is 0 Å². The van der Waals surface area contributed by atoms with Crippen molar-refractivity contribution < 1.29 is 9.18 Å². The summed E-state index contributed by atoms with van der Waals surface area (Å²) in [5.41, 5.74) is 3.98. The maximum atomic E-state index is 14.2. The summed E-state index contributed by atoms with van der Waals surface area (Å²) in [4.78, 5) is 22.2. The predicted octanol–water partition coefficient (Wildman–Crippen LogP) is 2.01. The molecule has 2 saturated heterocycles. The van der Waals surface area contributed by atoms with Crippen LogP contribution in [0, 0.1) is 11.7 Å². The van der Waals surface area contributed by atoms with E-state index in [-0.39, 0.29) is 23.6 Å². The largest absolute Gasteiger partial charge is 0.354 e. The number of aromatic nitrogens is 3. The molecule has 3 aliphatic heterocycles. The van der Waals surface area contributed by atoms with Gasteiger partial charge < -0.3 is 15.1 Å². The van der Waals surface area contributed by atoms with Crippen molar-refractivity contribution in [3.63, 3.8) is 0 Å². The summed E-state index contributed by atoms with van der Waals surface area (Å²) >= 11 is 0. The van der Waals surface area contributed by atoms with Crippen LogP contribution in [-0.2, 0) is 17.6 Å². The van der Waals surface area contributed by atoms with Crippen molar-refractivity contribution in [2.24, 2.45) is 5.92 Å². The number of rotatable bonds is 3. The van der Waals surface area contributed by atoms with E-state index in [4.69, 9.17) is 4.98 Å². The molecule has 0 spiro atoms. The molecule has 166 valence electrons. The first-order valence-electron chi connectivity index (χ1n) is 11.5. The number of hydrogen-bond donors (Lipinski definition) is 1. The summed E-state index contributed by atoms with van der Waals surface area (Å²) in [5.74, 6) is 1.18. The van der Waals surface area contributed by atoms with Crippen molar-refractivity contribution in [2.75, 3.05) is 44.2 Å². The van der Waals surface area contributed by atoms with Gasteiger partial charge in [-0.2, -0.15) is 9.61 Å². The highest BCUT2D eigenvalue weighted by Gasteiger charge is 2.40. The summed E-state index contributed by atoms with van der Waals surface area (Å²) in [7, 11) is 0. The Balaban J connectivity index is 1.18. The fourth-order valence-corrected chi connectivity index (χ4v) is 5.43. The second kappa shape index (κ2) is 7.85. The SMILES string of the molecule is O=C(C1CN(c2c3c(nc4ccnn24)CCNCC3)C1)N1CCC(c2ccccc2F)C1. The average molecular weight is 435 g/mol. The first-order valence-corrected chi connectivity index (χ1v) is 11.5. The Hall–Kier alpha value is -3.00. The Bertz CT molecular complexity index is 1170. The van der Waals surface area contributed by atoms with Crippen molar-refractivity contribution in [1.82, 2.24) is 24.8 Å². The van der Waals surface area contributed by atoms with Gasteiger partial charge in [-0.05, 0) is 31.0 Å². The van der Waals surface area contributed by atoms with Crippen molar-refractivity contribution in [3.05, 3.63) is 59.2 Å². The van der Waals surface area contributed by atoms with Crippen LogP contribution in [0.2, 0.25) is 0 Å². The lowest BCUT2D eigenvalue weighted by Crippen LogP contribution is -2.55. The zero-order chi connectivity index (χ0) is 21.7. The van der Waals surface area contributed by atoms with Gasteiger partial charge in [-0.1, -0.05) is 18.2 Å². The monoisotopic (exact) mass is 434 g/mol. The molecule has 32 heavy (non-hydrogen) atoms. The maximum absolute atomic E-state index is 14.2. The van der Waals surface area contributed by atoms with Gasteiger partial charge in [0.1, 0.15) is 11.6 Å². The molecule has 0 bridgehead atoms. The van der Waals surface area contributed by atoms with Crippen LogP contribution in [0.25, 0.3) is 5.65 Å². The first-order chi connectivity index (χ1) is 15.7. The molecule has 8 heteroatoms. The quantitative estimate of drug-likeness (QED) is 0.683. The molecule has 1 unspecified atom stereocenters. The van der Waals surface area contributed by atoms with E-state index in [9.17, 15) is 9.18 Å². The van der Waals surface area contributed by atoms with E-state index < -0.39 is 0 Å². The van der Waals surface area contributed by atoms with Gasteiger partial charge in [0.15, 0.2) is 5.65 Å². The fourth-order valence-electron chi connectivity index (χ4n) is 5.43. The minimum atomic E-state index is -0.169. The second-order valence-corrected chi connectivity index (χ2v) is 9.11. The van der Waals surface area contributed by atoms with Crippen LogP contribution in [0.5, 0.6) is 0 Å². The van der Waals surface area contributed by atoms with Crippen LogP contribution in [0.15, 0.2) is 36.5 Å². The highest BCUT2D eigenvalue weighted by atomic mass is 19.1. The van der Waals surface area contributed by atoms with Gasteiger partial charge in [0, 0.05) is 56.7 Å². The lowest BCUT2D eigenvalue weighted by Gasteiger charge is -2.42. The molecule has 3 aliphatic rings. The second-order valence-electron chi connectivity index (χ2n) is 9.11. The summed E-state index contributed by atoms with van der Waals surface area (Å²) < 4.78 is 16.1. The van der Waals surface area contributed by atoms with Crippen molar-refractivity contribution in [1.29, 1.82) is 0 Å². The van der Waals surface area contributed by atoms with Gasteiger partial charge in [0.2, 0.25) is 5.91 Å². The van der Waals surface area contributed by atoms with E-state index in [0.717, 1.165) is 55.1 Å². The normalized spacial score (nSPS) is 21.5. The number of likely N-dealkylation sites (tertiary alicyclic amines) is 1. The number of nitrogens with one attached hydrogen (secondary N) is 1. The highest BCUT2D eigenvalue weighted by molar-refractivity contribution is 5.82. The molecule has 0 saturated carbocycles. The Kier molecular flexibility index (Phi) is 4.82. The van der Waals surface area contributed by atoms with E-state index >= 15 is 0 Å². The van der Waals surface area contributed by atoms with Gasteiger partial charge >= 0.3 is 0 Å². The number of hydrogen-bond acceptors (Lipinski definition) is 5. The van der Waals surface area contributed by atoms with E-state index in [1.807, 2.05) is 27.6 Å². The minimum Gasteiger partial charge on any atom is -0.354 e. The maximum Gasteiger partial charge on any atom is 0.229 e. The molecular formula is C24H27FN6O. The number of anilines is 1. The number of amides is 1. The third-order valence-corrected chi connectivity index (χ3v) is 7.16. The van der Waals surface area contributed by atoms with E-state index in [1.165, 1.54) is 11.6 Å². The van der Waals surface area contributed by atoms with E-state index in [2.05, 4.69) is 15.3 Å². The predicted molar refractivity (Wildman–Crippen MR) is 119 cm³/mol. The van der Waals surface area contributed by atoms with Gasteiger partial charge in [-0.3, -0.25) is 4.79 Å². The molecule has 1 aromatic carbocycles. The van der Waals surface area contributed by atoms with Crippen molar-refractivity contribution >= 4 is 17.4 Å². The van der Waals surface area contributed by atoms with Crippen molar-refractivity contribution in [3.8, 4) is 0 Å². The van der Waals surface area contributed by atoms with Crippen LogP contribution < -0.4 is 10.2 Å². The molecule has 6 rings (SSSR count). The Morgan fingerprint density at radius 1 is 1.09 bits per heavy atom. The molecular weight excluding hydrogens is 407 g/mol. The molecule has 1 atom stereocenters. The van der Waals surface area contributed by atoms with Crippen molar-refractivity contribution in [2.45, 2.75) is 25.2 Å². The summed E-state index contributed by atoms with van der Waals surface area (Å²) in [6, 6.07) is 8.88. The third-order valence-electron chi connectivity index (χ3n) is 7.16. The van der Waals surface area contributed by atoms with E-state index in [1.54, 1.807) is 12.3 Å². The molecule has 1 amide bonds. The highest BCUT2D eigenvalue weighted by Crippen LogP contribution is 2.34. The molecule has 3 aromatic rings. The average Bonchev–Trinajstić information content (AvgIpc) is 3.37. The smallest absolute Gasteiger partial charge is 0.229 e. The Labute approximate surface area is 186 Å². The lowest BCUT2D eigenvalue weighted by molar-refractivity contribution is -0.135. The number of carbonyl (C=O) groups excluding carboxylic acids is 1. The molecule has 1 N–H and O–H groups in total. The number of benzene rings is 1. The van der Waals surface area contributed by atoms with Gasteiger partial charge in [0.05, 0.1) is 17.8 Å². The van der Waals surface area contributed by atoms with Gasteiger partial charge in [-0.25, -0.2) is 9.37 Å². The summed E-state index contributed by atoms with van der Waals surface area (Å²) in [6.45, 7) is 4.56. The Morgan fingerprint density at radius 3 is 2.81 bits per heavy atom. The number of nitrogens with zero attached hydrogens (tertiary/aromatic N) is 5. The molecule has 2 aromatic heterocycles. The fraction of sp³-hybridized carbons (Fsp3) is 0.458. The molecule has 5 heterocycles. The number of carbonyl (C=O) groups is 1. The number of halogens is 1. The van der Waals surface area contributed by atoms with Crippen LogP contribution >= 0.6 is 0 Å². The lowest BCUT2D eigenvalue weighted by atomic mass is 9.96. The zero-order valence-electron chi connectivity index (χ0n) is 18.0.